The van der Waals surface area contributed by atoms with Crippen molar-refractivity contribution in [2.24, 2.45) is 0 Å². The van der Waals surface area contributed by atoms with Gasteiger partial charge in [-0.15, -0.1) is 0 Å². The van der Waals surface area contributed by atoms with E-state index in [1.807, 2.05) is 0 Å². The fraction of sp³-hybridized carbons (Fsp3) is 0.500. The molecule has 130 valence electrons. The number of carbonyl (C=O) groups is 2. The summed E-state index contributed by atoms with van der Waals surface area (Å²) < 4.78 is 32.4. The predicted octanol–water partition coefficient (Wildman–Crippen LogP) is 0.906. The first-order valence-corrected chi connectivity index (χ1v) is 9.36. The average molecular weight is 352 g/mol. The molecular formula is C16H20N2O5S. The van der Waals surface area contributed by atoms with Gasteiger partial charge in [0.15, 0.2) is 0 Å². The fourth-order valence-corrected chi connectivity index (χ4v) is 5.64. The van der Waals surface area contributed by atoms with Crippen molar-refractivity contribution in [1.29, 1.82) is 0 Å². The molecule has 0 radical (unpaired) electrons. The Morgan fingerprint density at radius 2 is 1.96 bits per heavy atom. The van der Waals surface area contributed by atoms with Gasteiger partial charge in [0.1, 0.15) is 5.54 Å². The smallest absolute Gasteiger partial charge is 0.339 e. The van der Waals surface area contributed by atoms with Crippen LogP contribution in [0.15, 0.2) is 29.2 Å². The van der Waals surface area contributed by atoms with E-state index in [0.29, 0.717) is 25.8 Å². The summed E-state index contributed by atoms with van der Waals surface area (Å²) in [5.41, 5.74) is -1.06. The molecule has 0 aliphatic carbocycles. The number of nitrogens with one attached hydrogen (secondary N) is 1. The molecule has 2 heterocycles. The molecule has 1 aromatic rings. The van der Waals surface area contributed by atoms with Gasteiger partial charge in [0.2, 0.25) is 15.9 Å². The lowest BCUT2D eigenvalue weighted by Crippen LogP contribution is -2.60. The Morgan fingerprint density at radius 3 is 2.67 bits per heavy atom. The molecule has 7 nitrogen and oxygen atoms in total. The van der Waals surface area contributed by atoms with E-state index < -0.39 is 21.5 Å². The molecule has 1 N–H and O–H groups in total. The van der Waals surface area contributed by atoms with Crippen molar-refractivity contribution in [1.82, 2.24) is 9.62 Å². The van der Waals surface area contributed by atoms with Crippen molar-refractivity contribution < 1.29 is 22.7 Å². The van der Waals surface area contributed by atoms with Gasteiger partial charge in [-0.3, -0.25) is 4.79 Å². The van der Waals surface area contributed by atoms with Crippen molar-refractivity contribution in [3.05, 3.63) is 29.8 Å². The molecule has 2 aliphatic rings. The summed E-state index contributed by atoms with van der Waals surface area (Å²) in [6, 6.07) is 5.94. The average Bonchev–Trinajstić information content (AvgIpc) is 3.02. The van der Waals surface area contributed by atoms with Gasteiger partial charge in [-0.2, -0.15) is 4.31 Å². The van der Waals surface area contributed by atoms with E-state index in [1.165, 1.54) is 23.5 Å². The van der Waals surface area contributed by atoms with Crippen LogP contribution >= 0.6 is 0 Å². The second-order valence-corrected chi connectivity index (χ2v) is 7.89. The Bertz CT molecular complexity index is 776. The topological polar surface area (TPSA) is 92.8 Å². The largest absolute Gasteiger partial charge is 0.465 e. The number of benzene rings is 1. The molecule has 1 unspecified atom stereocenters. The number of hydrogen-bond acceptors (Lipinski definition) is 5. The van der Waals surface area contributed by atoms with E-state index >= 15 is 0 Å². The molecule has 0 saturated carbocycles. The van der Waals surface area contributed by atoms with Crippen molar-refractivity contribution in [3.63, 3.8) is 0 Å². The third-order valence-electron chi connectivity index (χ3n) is 4.76. The molecule has 0 aromatic heterocycles. The summed E-state index contributed by atoms with van der Waals surface area (Å²) in [5, 5.41) is 2.78. The zero-order valence-corrected chi connectivity index (χ0v) is 14.3. The molecule has 2 fully saturated rings. The molecule has 0 bridgehead atoms. The maximum atomic E-state index is 13.2. The number of amides is 1. The van der Waals surface area contributed by atoms with Gasteiger partial charge >= 0.3 is 5.97 Å². The Morgan fingerprint density at radius 1 is 1.25 bits per heavy atom. The first kappa shape index (κ1) is 16.9. The summed E-state index contributed by atoms with van der Waals surface area (Å²) in [6.45, 7) is 0.832. The lowest BCUT2D eigenvalue weighted by atomic mass is 9.88. The Hall–Kier alpha value is -1.93. The van der Waals surface area contributed by atoms with Crippen molar-refractivity contribution >= 4 is 21.9 Å². The predicted molar refractivity (Wildman–Crippen MR) is 85.9 cm³/mol. The van der Waals surface area contributed by atoms with Gasteiger partial charge in [-0.25, -0.2) is 13.2 Å². The van der Waals surface area contributed by atoms with Gasteiger partial charge in [-0.05, 0) is 37.8 Å². The number of carbonyl (C=O) groups excluding carboxylic acids is 2. The van der Waals surface area contributed by atoms with Crippen molar-refractivity contribution in [2.75, 3.05) is 20.2 Å². The monoisotopic (exact) mass is 352 g/mol. The quantitative estimate of drug-likeness (QED) is 0.816. The number of methoxy groups -OCH3 is 1. The number of rotatable bonds is 3. The fourth-order valence-electron chi connectivity index (χ4n) is 3.63. The van der Waals surface area contributed by atoms with Gasteiger partial charge < -0.3 is 10.1 Å². The van der Waals surface area contributed by atoms with Gasteiger partial charge in [0.05, 0.1) is 17.6 Å². The minimum atomic E-state index is -3.99. The first-order chi connectivity index (χ1) is 11.4. The molecular weight excluding hydrogens is 332 g/mol. The number of nitrogens with zero attached hydrogens (tertiary/aromatic N) is 1. The van der Waals surface area contributed by atoms with E-state index in [4.69, 9.17) is 4.74 Å². The summed E-state index contributed by atoms with van der Waals surface area (Å²) in [7, 11) is -2.79. The highest BCUT2D eigenvalue weighted by molar-refractivity contribution is 7.89. The van der Waals surface area contributed by atoms with Crippen LogP contribution in [0.3, 0.4) is 0 Å². The lowest BCUT2D eigenvalue weighted by Gasteiger charge is -2.39. The summed E-state index contributed by atoms with van der Waals surface area (Å²) in [5.74, 6) is -0.958. The molecule has 2 aliphatic heterocycles. The molecule has 1 atom stereocenters. The van der Waals surface area contributed by atoms with E-state index in [1.54, 1.807) is 12.1 Å². The minimum Gasteiger partial charge on any atom is -0.465 e. The highest BCUT2D eigenvalue weighted by atomic mass is 32.2. The van der Waals surface area contributed by atoms with Crippen molar-refractivity contribution in [2.45, 2.75) is 36.1 Å². The summed E-state index contributed by atoms with van der Waals surface area (Å²) in [4.78, 5) is 24.3. The van der Waals surface area contributed by atoms with Crippen LogP contribution < -0.4 is 5.32 Å². The number of ether oxygens (including phenoxy) is 1. The normalized spacial score (nSPS) is 24.8. The van der Waals surface area contributed by atoms with E-state index in [0.717, 1.165) is 6.42 Å². The first-order valence-electron chi connectivity index (χ1n) is 7.92. The van der Waals surface area contributed by atoms with E-state index in [2.05, 4.69) is 5.32 Å². The molecule has 1 aromatic carbocycles. The van der Waals surface area contributed by atoms with Crippen LogP contribution in [0.25, 0.3) is 0 Å². The van der Waals surface area contributed by atoms with Crippen LogP contribution in [0.1, 0.15) is 36.0 Å². The highest BCUT2D eigenvalue weighted by Gasteiger charge is 2.54. The standard InChI is InChI=1S/C16H20N2O5S/c1-23-14(19)12-6-2-3-7-13(12)24(21,22)18-11-5-9-16(18)8-4-10-17-15(16)20/h2-3,6-7H,4-5,8-11H2,1H3,(H,17,20). The van der Waals surface area contributed by atoms with Crippen LogP contribution in [0.2, 0.25) is 0 Å². The van der Waals surface area contributed by atoms with Gasteiger partial charge in [0.25, 0.3) is 0 Å². The molecule has 1 amide bonds. The second kappa shape index (κ2) is 6.18. The molecule has 2 saturated heterocycles. The summed E-state index contributed by atoms with van der Waals surface area (Å²) >= 11 is 0. The number of hydrogen-bond donors (Lipinski definition) is 1. The van der Waals surface area contributed by atoms with Crippen LogP contribution in [0, 0.1) is 0 Å². The zero-order chi connectivity index (χ0) is 17.4. The van der Waals surface area contributed by atoms with Gasteiger partial charge in [-0.1, -0.05) is 12.1 Å². The maximum absolute atomic E-state index is 13.2. The Balaban J connectivity index is 2.08. The van der Waals surface area contributed by atoms with Crippen LogP contribution in [-0.4, -0.2) is 50.3 Å². The van der Waals surface area contributed by atoms with Gasteiger partial charge in [0, 0.05) is 13.1 Å². The summed E-state index contributed by atoms with van der Waals surface area (Å²) in [6.07, 6.45) is 2.35. The second-order valence-electron chi connectivity index (χ2n) is 6.06. The molecule has 8 heteroatoms. The van der Waals surface area contributed by atoms with E-state index in [-0.39, 0.29) is 22.9 Å². The Kier molecular flexibility index (Phi) is 4.35. The maximum Gasteiger partial charge on any atom is 0.339 e. The van der Waals surface area contributed by atoms with Crippen LogP contribution in [-0.2, 0) is 19.6 Å². The number of piperidine rings is 1. The Labute approximate surface area is 141 Å². The minimum absolute atomic E-state index is 0.0155. The number of esters is 1. The van der Waals surface area contributed by atoms with Crippen molar-refractivity contribution in [3.8, 4) is 0 Å². The molecule has 24 heavy (non-hydrogen) atoms. The lowest BCUT2D eigenvalue weighted by molar-refractivity contribution is -0.131. The third-order valence-corrected chi connectivity index (χ3v) is 6.79. The molecule has 3 rings (SSSR count). The van der Waals surface area contributed by atoms with Crippen LogP contribution in [0.5, 0.6) is 0 Å². The highest BCUT2D eigenvalue weighted by Crippen LogP contribution is 2.40. The third kappa shape index (κ3) is 2.50. The SMILES string of the molecule is COC(=O)c1ccccc1S(=O)(=O)N1CCCC12CCCNC2=O. The number of sulfonamides is 1. The molecule has 1 spiro atoms. The van der Waals surface area contributed by atoms with E-state index in [9.17, 15) is 18.0 Å². The zero-order valence-electron chi connectivity index (χ0n) is 13.4. The van der Waals surface area contributed by atoms with Crippen LogP contribution in [0.4, 0.5) is 0 Å².